The van der Waals surface area contributed by atoms with E-state index in [-0.39, 0.29) is 11.2 Å². The van der Waals surface area contributed by atoms with Gasteiger partial charge in [0.2, 0.25) is 0 Å². The zero-order valence-corrected chi connectivity index (χ0v) is 9.92. The van der Waals surface area contributed by atoms with Gasteiger partial charge in [-0.2, -0.15) is 0 Å². The van der Waals surface area contributed by atoms with E-state index in [0.29, 0.717) is 12.3 Å². The lowest BCUT2D eigenvalue weighted by Crippen LogP contribution is -2.41. The Balaban J connectivity index is 2.52. The highest BCUT2D eigenvalue weighted by atomic mass is 16.5. The third-order valence-electron chi connectivity index (χ3n) is 3.81. The molecule has 1 saturated carbocycles. The van der Waals surface area contributed by atoms with Crippen LogP contribution in [0.3, 0.4) is 0 Å². The normalized spacial score (nSPS) is 17.9. The molecular formula is C13H19NO2. The van der Waals surface area contributed by atoms with E-state index in [2.05, 4.69) is 0 Å². The molecule has 1 aliphatic rings. The first kappa shape index (κ1) is 11.3. The monoisotopic (exact) mass is 221 g/mol. The van der Waals surface area contributed by atoms with Gasteiger partial charge in [-0.05, 0) is 25.3 Å². The molecular weight excluding hydrogens is 202 g/mol. The lowest BCUT2D eigenvalue weighted by atomic mass is 9.64. The van der Waals surface area contributed by atoms with Crippen LogP contribution in [0, 0.1) is 6.92 Å². The molecule has 3 nitrogen and oxygen atoms in total. The maximum absolute atomic E-state index is 9.99. The van der Waals surface area contributed by atoms with Gasteiger partial charge in [-0.15, -0.1) is 0 Å². The molecule has 2 rings (SSSR count). The van der Waals surface area contributed by atoms with Gasteiger partial charge < -0.3 is 15.6 Å². The highest BCUT2D eigenvalue weighted by Gasteiger charge is 2.40. The second-order valence-corrected chi connectivity index (χ2v) is 4.65. The van der Waals surface area contributed by atoms with Gasteiger partial charge in [0.05, 0.1) is 7.11 Å². The van der Waals surface area contributed by atoms with Crippen LogP contribution in [0.4, 0.5) is 0 Å². The molecule has 0 unspecified atom stereocenters. The van der Waals surface area contributed by atoms with Gasteiger partial charge in [0.1, 0.15) is 0 Å². The predicted octanol–water partition coefficient (Wildman–Crippen LogP) is 2.09. The molecule has 0 radical (unpaired) electrons. The van der Waals surface area contributed by atoms with Gasteiger partial charge >= 0.3 is 0 Å². The Kier molecular flexibility index (Phi) is 2.80. The molecule has 3 heteroatoms. The average Bonchev–Trinajstić information content (AvgIpc) is 2.23. The second-order valence-electron chi connectivity index (χ2n) is 4.65. The molecule has 1 aliphatic carbocycles. The summed E-state index contributed by atoms with van der Waals surface area (Å²) in [5, 5.41) is 9.99. The van der Waals surface area contributed by atoms with Crippen molar-refractivity contribution in [3.63, 3.8) is 0 Å². The van der Waals surface area contributed by atoms with Crippen LogP contribution in [0.15, 0.2) is 12.1 Å². The van der Waals surface area contributed by atoms with Gasteiger partial charge in [0.15, 0.2) is 11.5 Å². The summed E-state index contributed by atoms with van der Waals surface area (Å²) < 4.78 is 5.34. The van der Waals surface area contributed by atoms with Crippen LogP contribution >= 0.6 is 0 Å². The summed E-state index contributed by atoms with van der Waals surface area (Å²) in [4.78, 5) is 0. The first-order valence-electron chi connectivity index (χ1n) is 5.72. The van der Waals surface area contributed by atoms with E-state index in [0.717, 1.165) is 24.0 Å². The van der Waals surface area contributed by atoms with E-state index in [1.165, 1.54) is 6.42 Å². The minimum Gasteiger partial charge on any atom is -0.504 e. The number of nitrogens with two attached hydrogens (primary N) is 1. The number of hydrogen-bond donors (Lipinski definition) is 2. The number of aromatic hydroxyl groups is 1. The number of phenols is 1. The lowest BCUT2D eigenvalue weighted by molar-refractivity contribution is 0.240. The number of phenolic OH excluding ortho intramolecular Hbond substituents is 1. The zero-order chi connectivity index (χ0) is 11.8. The van der Waals surface area contributed by atoms with Crippen molar-refractivity contribution in [2.24, 2.45) is 5.73 Å². The van der Waals surface area contributed by atoms with Crippen molar-refractivity contribution < 1.29 is 9.84 Å². The Labute approximate surface area is 96.2 Å². The number of hydrogen-bond acceptors (Lipinski definition) is 3. The van der Waals surface area contributed by atoms with Crippen LogP contribution in [-0.4, -0.2) is 18.8 Å². The van der Waals surface area contributed by atoms with Crippen LogP contribution < -0.4 is 10.5 Å². The number of benzene rings is 1. The van der Waals surface area contributed by atoms with Crippen molar-refractivity contribution in [3.8, 4) is 11.5 Å². The quantitative estimate of drug-likeness (QED) is 0.821. The molecule has 0 saturated heterocycles. The van der Waals surface area contributed by atoms with Gasteiger partial charge in [0, 0.05) is 17.5 Å². The smallest absolute Gasteiger partial charge is 0.164 e. The molecule has 0 amide bonds. The van der Waals surface area contributed by atoms with Crippen molar-refractivity contribution in [2.75, 3.05) is 13.7 Å². The number of ether oxygens (including phenoxy) is 1. The molecule has 1 aromatic rings. The fraction of sp³-hybridized carbons (Fsp3) is 0.538. The minimum atomic E-state index is 0.0243. The van der Waals surface area contributed by atoms with Crippen molar-refractivity contribution in [3.05, 3.63) is 23.3 Å². The van der Waals surface area contributed by atoms with Crippen molar-refractivity contribution >= 4 is 0 Å². The van der Waals surface area contributed by atoms with E-state index in [1.807, 2.05) is 19.1 Å². The standard InChI is InChI=1S/C13H19NO2/c1-9-4-5-10(12(16-2)11(9)15)13(8-14)6-3-7-13/h4-5,15H,3,6-8,14H2,1-2H3. The molecule has 0 heterocycles. The van der Waals surface area contributed by atoms with Gasteiger partial charge in [-0.3, -0.25) is 0 Å². The fourth-order valence-corrected chi connectivity index (χ4v) is 2.48. The molecule has 0 aliphatic heterocycles. The Morgan fingerprint density at radius 2 is 2.12 bits per heavy atom. The maximum atomic E-state index is 9.99. The van der Waals surface area contributed by atoms with Crippen LogP contribution in [0.2, 0.25) is 0 Å². The van der Waals surface area contributed by atoms with Crippen LogP contribution in [0.1, 0.15) is 30.4 Å². The van der Waals surface area contributed by atoms with Gasteiger partial charge in [0.25, 0.3) is 0 Å². The van der Waals surface area contributed by atoms with E-state index in [4.69, 9.17) is 10.5 Å². The summed E-state index contributed by atoms with van der Waals surface area (Å²) in [5.74, 6) is 0.852. The largest absolute Gasteiger partial charge is 0.504 e. The molecule has 88 valence electrons. The van der Waals surface area contributed by atoms with Crippen molar-refractivity contribution in [2.45, 2.75) is 31.6 Å². The maximum Gasteiger partial charge on any atom is 0.164 e. The fourth-order valence-electron chi connectivity index (χ4n) is 2.48. The van der Waals surface area contributed by atoms with Crippen molar-refractivity contribution in [1.82, 2.24) is 0 Å². The van der Waals surface area contributed by atoms with Crippen molar-refractivity contribution in [1.29, 1.82) is 0 Å². The topological polar surface area (TPSA) is 55.5 Å². The highest BCUT2D eigenvalue weighted by Crippen LogP contribution is 2.49. The third kappa shape index (κ3) is 1.47. The van der Waals surface area contributed by atoms with E-state index in [1.54, 1.807) is 7.11 Å². The summed E-state index contributed by atoms with van der Waals surface area (Å²) in [5.41, 5.74) is 7.80. The summed E-state index contributed by atoms with van der Waals surface area (Å²) in [6.45, 7) is 2.49. The second kappa shape index (κ2) is 3.98. The predicted molar refractivity (Wildman–Crippen MR) is 64.0 cm³/mol. The third-order valence-corrected chi connectivity index (χ3v) is 3.81. The SMILES string of the molecule is COc1c(C2(CN)CCC2)ccc(C)c1O. The molecule has 0 aromatic heterocycles. The first-order valence-corrected chi connectivity index (χ1v) is 5.72. The van der Waals surface area contributed by atoms with E-state index >= 15 is 0 Å². The van der Waals surface area contributed by atoms with Crippen LogP contribution in [0.25, 0.3) is 0 Å². The summed E-state index contributed by atoms with van der Waals surface area (Å²) >= 11 is 0. The molecule has 3 N–H and O–H groups in total. The molecule has 1 fully saturated rings. The Morgan fingerprint density at radius 1 is 1.44 bits per heavy atom. The lowest BCUT2D eigenvalue weighted by Gasteiger charge is -2.42. The Hall–Kier alpha value is -1.22. The molecule has 0 atom stereocenters. The Morgan fingerprint density at radius 3 is 2.56 bits per heavy atom. The van der Waals surface area contributed by atoms with E-state index < -0.39 is 0 Å². The number of rotatable bonds is 3. The summed E-state index contributed by atoms with van der Waals surface area (Å²) in [7, 11) is 1.60. The molecule has 1 aromatic carbocycles. The number of aryl methyl sites for hydroxylation is 1. The average molecular weight is 221 g/mol. The Bertz CT molecular complexity index is 392. The minimum absolute atomic E-state index is 0.0243. The highest BCUT2D eigenvalue weighted by molar-refractivity contribution is 5.54. The van der Waals surface area contributed by atoms with E-state index in [9.17, 15) is 5.11 Å². The summed E-state index contributed by atoms with van der Waals surface area (Å²) in [6, 6.07) is 3.98. The van der Waals surface area contributed by atoms with Crippen LogP contribution in [-0.2, 0) is 5.41 Å². The van der Waals surface area contributed by atoms with Gasteiger partial charge in [-0.25, -0.2) is 0 Å². The molecule has 0 bridgehead atoms. The van der Waals surface area contributed by atoms with Crippen LogP contribution in [0.5, 0.6) is 11.5 Å². The number of methoxy groups -OCH3 is 1. The molecule has 16 heavy (non-hydrogen) atoms. The van der Waals surface area contributed by atoms with Gasteiger partial charge in [-0.1, -0.05) is 18.6 Å². The molecule has 0 spiro atoms. The zero-order valence-electron chi connectivity index (χ0n) is 9.92. The summed E-state index contributed by atoms with van der Waals surface area (Å²) in [6.07, 6.45) is 3.37. The first-order chi connectivity index (χ1) is 7.64.